The third kappa shape index (κ3) is 6.85. The van der Waals surface area contributed by atoms with Crippen LogP contribution in [0, 0.1) is 0 Å². The van der Waals surface area contributed by atoms with Crippen LogP contribution in [0.2, 0.25) is 0 Å². The molecule has 0 saturated heterocycles. The quantitative estimate of drug-likeness (QED) is 0.656. The van der Waals surface area contributed by atoms with Gasteiger partial charge in [0.1, 0.15) is 11.9 Å². The van der Waals surface area contributed by atoms with E-state index in [0.717, 1.165) is 0 Å². The lowest BCUT2D eigenvalue weighted by atomic mass is 10.2. The molecule has 88 valence electrons. The highest BCUT2D eigenvalue weighted by Crippen LogP contribution is 2.46. The number of Topliss-reactive ketones (excluding diaryl/α,β-unsaturated/α-hetero) is 1. The molecule has 0 aromatic rings. The summed E-state index contributed by atoms with van der Waals surface area (Å²) in [7, 11) is -0.676. The lowest BCUT2D eigenvalue weighted by molar-refractivity contribution is -0.116. The zero-order chi connectivity index (χ0) is 11.9. The van der Waals surface area contributed by atoms with Gasteiger partial charge in [0.15, 0.2) is 0 Å². The van der Waals surface area contributed by atoms with Crippen LogP contribution in [0.25, 0.3) is 0 Å². The molecule has 0 aliphatic heterocycles. The molecule has 0 aliphatic carbocycles. The maximum Gasteiger partial charge on any atom is 0.337 e. The van der Waals surface area contributed by atoms with Gasteiger partial charge < -0.3 is 9.05 Å². The zero-order valence-corrected chi connectivity index (χ0v) is 10.8. The molecular weight excluding hydrogens is 239 g/mol. The summed E-state index contributed by atoms with van der Waals surface area (Å²) in [6.45, 7) is 1.74. The van der Waals surface area contributed by atoms with Crippen molar-refractivity contribution >= 4 is 25.0 Å². The number of halogens is 1. The number of rotatable bonds is 7. The van der Waals surface area contributed by atoms with E-state index in [1.165, 1.54) is 14.2 Å². The van der Waals surface area contributed by atoms with Crippen LogP contribution < -0.4 is 0 Å². The maximum absolute atomic E-state index is 11.6. The van der Waals surface area contributed by atoms with Gasteiger partial charge in [-0.15, -0.1) is 0 Å². The van der Waals surface area contributed by atoms with Crippen molar-refractivity contribution in [2.45, 2.75) is 19.8 Å². The summed E-state index contributed by atoms with van der Waals surface area (Å²) in [5.41, 5.74) is 0. The molecule has 15 heavy (non-hydrogen) atoms. The first kappa shape index (κ1) is 14.8. The summed E-state index contributed by atoms with van der Waals surface area (Å²) in [6, 6.07) is 0. The highest BCUT2D eigenvalue weighted by atomic mass is 35.5. The fourth-order valence-corrected chi connectivity index (χ4v) is 2.04. The summed E-state index contributed by atoms with van der Waals surface area (Å²) < 4.78 is 20.9. The molecule has 0 atom stereocenters. The van der Waals surface area contributed by atoms with E-state index < -0.39 is 7.60 Å². The van der Waals surface area contributed by atoms with Crippen molar-refractivity contribution in [2.24, 2.45) is 0 Å². The van der Waals surface area contributed by atoms with Gasteiger partial charge in [0, 0.05) is 25.7 Å². The number of allylic oxidation sites excluding steroid dienone is 2. The van der Waals surface area contributed by atoms with E-state index >= 15 is 0 Å². The van der Waals surface area contributed by atoms with Crippen LogP contribution in [0.5, 0.6) is 0 Å². The first-order chi connectivity index (χ1) is 6.93. The molecular formula is C9H16ClO4P. The van der Waals surface area contributed by atoms with E-state index in [1.807, 2.05) is 0 Å². The van der Waals surface area contributed by atoms with E-state index in [-0.39, 0.29) is 11.9 Å². The number of hydrogen-bond acceptors (Lipinski definition) is 4. The van der Waals surface area contributed by atoms with Crippen LogP contribution in [0.1, 0.15) is 19.8 Å². The average molecular weight is 255 g/mol. The van der Waals surface area contributed by atoms with Crippen LogP contribution >= 0.6 is 19.2 Å². The Hall–Kier alpha value is -0.150. The molecule has 0 bridgehead atoms. The predicted octanol–water partition coefficient (Wildman–Crippen LogP) is 2.96. The van der Waals surface area contributed by atoms with Gasteiger partial charge in [0.2, 0.25) is 0 Å². The number of ketones is 1. The van der Waals surface area contributed by atoms with E-state index in [4.69, 9.17) is 11.6 Å². The molecule has 0 spiro atoms. The van der Waals surface area contributed by atoms with Crippen molar-refractivity contribution in [2.75, 3.05) is 20.4 Å². The Morgan fingerprint density at radius 2 is 1.93 bits per heavy atom. The first-order valence-corrected chi connectivity index (χ1v) is 6.58. The molecule has 0 amide bonds. The minimum atomic E-state index is -3.20. The Kier molecular flexibility index (Phi) is 7.11. The molecule has 0 unspecified atom stereocenters. The van der Waals surface area contributed by atoms with Gasteiger partial charge in [-0.3, -0.25) is 9.36 Å². The third-order valence-corrected chi connectivity index (χ3v) is 3.78. The summed E-state index contributed by atoms with van der Waals surface area (Å²) >= 11 is 5.59. The second kappa shape index (κ2) is 7.18. The molecule has 0 aliphatic rings. The fourth-order valence-electron chi connectivity index (χ4n) is 0.931. The summed E-state index contributed by atoms with van der Waals surface area (Å²) in [5, 5.41) is 0.643. The molecule has 6 heteroatoms. The second-order valence-corrected chi connectivity index (χ2v) is 5.87. The van der Waals surface area contributed by atoms with Crippen molar-refractivity contribution in [3.8, 4) is 0 Å². The highest BCUT2D eigenvalue weighted by Gasteiger charge is 2.24. The Morgan fingerprint density at radius 1 is 1.40 bits per heavy atom. The van der Waals surface area contributed by atoms with E-state index in [1.54, 1.807) is 13.0 Å². The normalized spacial score (nSPS) is 12.9. The molecule has 0 aromatic heterocycles. The lowest BCUT2D eigenvalue weighted by Gasteiger charge is -2.11. The van der Waals surface area contributed by atoms with Crippen LogP contribution in [0.15, 0.2) is 11.1 Å². The van der Waals surface area contributed by atoms with Crippen LogP contribution in [0.4, 0.5) is 0 Å². The largest absolute Gasteiger partial charge is 0.337 e. The van der Waals surface area contributed by atoms with Gasteiger partial charge in [-0.25, -0.2) is 0 Å². The second-order valence-electron chi connectivity index (χ2n) is 3.00. The topological polar surface area (TPSA) is 52.6 Å². The van der Waals surface area contributed by atoms with Gasteiger partial charge >= 0.3 is 7.60 Å². The van der Waals surface area contributed by atoms with E-state index in [2.05, 4.69) is 9.05 Å². The number of carbonyl (C=O) groups is 1. The van der Waals surface area contributed by atoms with Gasteiger partial charge in [0.05, 0.1) is 0 Å². The van der Waals surface area contributed by atoms with Crippen molar-refractivity contribution in [1.29, 1.82) is 0 Å². The van der Waals surface area contributed by atoms with E-state index in [0.29, 0.717) is 17.9 Å². The van der Waals surface area contributed by atoms with E-state index in [9.17, 15) is 9.36 Å². The molecule has 0 aromatic carbocycles. The smallest absolute Gasteiger partial charge is 0.312 e. The summed E-state index contributed by atoms with van der Waals surface area (Å²) in [5.74, 6) is -0.156. The average Bonchev–Trinajstić information content (AvgIpc) is 2.17. The standard InChI is InChI=1S/C9H16ClO4P/c1-8(10)5-4-6-9(11)7-15(12,13-2)14-3/h5H,4,6-7H2,1-3H3/b8-5-. The van der Waals surface area contributed by atoms with Crippen molar-refractivity contribution < 1.29 is 18.4 Å². The van der Waals surface area contributed by atoms with Crippen molar-refractivity contribution in [1.82, 2.24) is 0 Å². The molecule has 0 rings (SSSR count). The highest BCUT2D eigenvalue weighted by molar-refractivity contribution is 7.54. The monoisotopic (exact) mass is 254 g/mol. The first-order valence-electron chi connectivity index (χ1n) is 4.48. The molecule has 0 radical (unpaired) electrons. The molecule has 0 saturated carbocycles. The maximum atomic E-state index is 11.6. The molecule has 4 nitrogen and oxygen atoms in total. The number of hydrogen-bond donors (Lipinski definition) is 0. The Balaban J connectivity index is 4.04. The van der Waals surface area contributed by atoms with Gasteiger partial charge in [-0.2, -0.15) is 0 Å². The lowest BCUT2D eigenvalue weighted by Crippen LogP contribution is -2.07. The van der Waals surface area contributed by atoms with Gasteiger partial charge in [0.25, 0.3) is 0 Å². The van der Waals surface area contributed by atoms with Gasteiger partial charge in [-0.1, -0.05) is 17.7 Å². The minimum absolute atomic E-state index is 0.156. The molecule has 0 heterocycles. The Morgan fingerprint density at radius 3 is 2.33 bits per heavy atom. The Bertz CT molecular complexity index is 276. The zero-order valence-electron chi connectivity index (χ0n) is 9.16. The van der Waals surface area contributed by atoms with Crippen molar-refractivity contribution in [3.05, 3.63) is 11.1 Å². The predicted molar refractivity (Wildman–Crippen MR) is 60.3 cm³/mol. The SMILES string of the molecule is COP(=O)(CC(=O)CC/C=C(/C)Cl)OC. The molecule has 0 N–H and O–H groups in total. The van der Waals surface area contributed by atoms with Crippen LogP contribution in [-0.4, -0.2) is 26.2 Å². The number of carbonyl (C=O) groups excluding carboxylic acids is 1. The van der Waals surface area contributed by atoms with Crippen LogP contribution in [0.3, 0.4) is 0 Å². The van der Waals surface area contributed by atoms with Crippen molar-refractivity contribution in [3.63, 3.8) is 0 Å². The van der Waals surface area contributed by atoms with Crippen LogP contribution in [-0.2, 0) is 18.4 Å². The minimum Gasteiger partial charge on any atom is -0.312 e. The summed E-state index contributed by atoms with van der Waals surface area (Å²) in [6.07, 6.45) is 2.39. The molecule has 0 fully saturated rings. The summed E-state index contributed by atoms with van der Waals surface area (Å²) in [4.78, 5) is 11.4. The van der Waals surface area contributed by atoms with Gasteiger partial charge in [-0.05, 0) is 13.3 Å². The Labute approximate surface area is 95.1 Å². The third-order valence-electron chi connectivity index (χ3n) is 1.78. The fraction of sp³-hybridized carbons (Fsp3) is 0.667.